The number of nitrogens with zero attached hydrogens (tertiary/aromatic N) is 2. The maximum atomic E-state index is 11.8. The molecule has 2 saturated heterocycles. The maximum absolute atomic E-state index is 11.8. The Balaban J connectivity index is 1.58. The van der Waals surface area contributed by atoms with Gasteiger partial charge in [-0.2, -0.15) is 0 Å². The number of rotatable bonds is 4. The van der Waals surface area contributed by atoms with Gasteiger partial charge in [0.05, 0.1) is 0 Å². The molecule has 140 valence electrons. The van der Waals surface area contributed by atoms with Gasteiger partial charge in [-0.15, -0.1) is 0 Å². The van der Waals surface area contributed by atoms with Crippen molar-refractivity contribution in [1.29, 1.82) is 0 Å². The zero-order valence-electron chi connectivity index (χ0n) is 15.6. The lowest BCUT2D eigenvalue weighted by Crippen LogP contribution is -2.42. The number of carbonyl (C=O) groups excluding carboxylic acids is 1. The minimum absolute atomic E-state index is 0.0255. The molecule has 0 saturated carbocycles. The molecule has 0 radical (unpaired) electrons. The van der Waals surface area contributed by atoms with Crippen LogP contribution in [0.3, 0.4) is 0 Å². The van der Waals surface area contributed by atoms with Crippen LogP contribution in [0.25, 0.3) is 6.08 Å². The van der Waals surface area contributed by atoms with Crippen molar-refractivity contribution >= 4 is 18.0 Å². The van der Waals surface area contributed by atoms with Crippen molar-refractivity contribution in [2.45, 2.75) is 39.2 Å². The van der Waals surface area contributed by atoms with Crippen LogP contribution in [0.5, 0.6) is 0 Å². The summed E-state index contributed by atoms with van der Waals surface area (Å²) in [6, 6.07) is 9.67. The van der Waals surface area contributed by atoms with Gasteiger partial charge in [0.25, 0.3) is 0 Å². The maximum Gasteiger partial charge on any atom is 0.326 e. The molecular weight excluding hydrogens is 328 g/mol. The van der Waals surface area contributed by atoms with Gasteiger partial charge in [0.15, 0.2) is 0 Å². The molecule has 26 heavy (non-hydrogen) atoms. The van der Waals surface area contributed by atoms with E-state index in [0.29, 0.717) is 13.0 Å². The van der Waals surface area contributed by atoms with Crippen LogP contribution in [-0.2, 0) is 9.59 Å². The highest BCUT2D eigenvalue weighted by Gasteiger charge is 2.48. The first-order valence-electron chi connectivity index (χ1n) is 9.33. The van der Waals surface area contributed by atoms with Crippen molar-refractivity contribution in [2.75, 3.05) is 26.2 Å². The standard InChI is InChI=1S/C21H28N2O3/c1-16(12-18-6-4-3-5-7-18)14-22-10-8-21(9-11-22)13-19(20(25)26)23(15-21)17(2)24/h3-7,12,19H,8-11,13-15H2,1-2H3,(H,25,26). The number of likely N-dealkylation sites (tertiary alicyclic amines) is 2. The quantitative estimate of drug-likeness (QED) is 0.901. The van der Waals surface area contributed by atoms with E-state index in [1.54, 1.807) is 4.90 Å². The number of carbonyl (C=O) groups is 2. The molecule has 5 heteroatoms. The van der Waals surface area contributed by atoms with Gasteiger partial charge in [-0.05, 0) is 50.3 Å². The lowest BCUT2D eigenvalue weighted by molar-refractivity contribution is -0.147. The zero-order chi connectivity index (χ0) is 18.7. The van der Waals surface area contributed by atoms with E-state index >= 15 is 0 Å². The molecule has 0 bridgehead atoms. The Kier molecular flexibility index (Phi) is 5.47. The van der Waals surface area contributed by atoms with Crippen molar-refractivity contribution in [2.24, 2.45) is 5.41 Å². The second-order valence-corrected chi connectivity index (χ2v) is 7.88. The van der Waals surface area contributed by atoms with Gasteiger partial charge >= 0.3 is 5.97 Å². The molecule has 2 heterocycles. The van der Waals surface area contributed by atoms with Gasteiger partial charge in [-0.1, -0.05) is 42.0 Å². The highest BCUT2D eigenvalue weighted by Crippen LogP contribution is 2.43. The molecule has 1 spiro atoms. The first-order chi connectivity index (χ1) is 12.4. The van der Waals surface area contributed by atoms with Crippen molar-refractivity contribution in [3.05, 3.63) is 41.5 Å². The molecule has 2 aliphatic heterocycles. The summed E-state index contributed by atoms with van der Waals surface area (Å²) in [5, 5.41) is 9.45. The molecule has 1 unspecified atom stereocenters. The topological polar surface area (TPSA) is 60.9 Å². The molecule has 1 aromatic carbocycles. The minimum atomic E-state index is -0.874. The second-order valence-electron chi connectivity index (χ2n) is 7.88. The van der Waals surface area contributed by atoms with Crippen molar-refractivity contribution in [3.8, 4) is 0 Å². The van der Waals surface area contributed by atoms with E-state index in [2.05, 4.69) is 30.0 Å². The van der Waals surface area contributed by atoms with Crippen molar-refractivity contribution in [1.82, 2.24) is 9.80 Å². The Morgan fingerprint density at radius 3 is 2.38 bits per heavy atom. The number of carboxylic acid groups (broad SMARTS) is 1. The highest BCUT2D eigenvalue weighted by molar-refractivity contribution is 5.83. The van der Waals surface area contributed by atoms with Crippen LogP contribution >= 0.6 is 0 Å². The number of carboxylic acids is 1. The largest absolute Gasteiger partial charge is 0.480 e. The Morgan fingerprint density at radius 1 is 1.19 bits per heavy atom. The van der Waals surface area contributed by atoms with Crippen LogP contribution in [0.4, 0.5) is 0 Å². The number of benzene rings is 1. The third kappa shape index (κ3) is 4.15. The fourth-order valence-corrected chi connectivity index (χ4v) is 4.39. The van der Waals surface area contributed by atoms with Gasteiger partial charge in [-0.3, -0.25) is 9.69 Å². The van der Waals surface area contributed by atoms with Crippen molar-refractivity contribution in [3.63, 3.8) is 0 Å². The summed E-state index contributed by atoms with van der Waals surface area (Å²) in [6.45, 7) is 7.07. The van der Waals surface area contributed by atoms with Crippen LogP contribution < -0.4 is 0 Å². The summed E-state index contributed by atoms with van der Waals surface area (Å²) in [7, 11) is 0. The van der Waals surface area contributed by atoms with Crippen LogP contribution in [0.2, 0.25) is 0 Å². The molecule has 3 rings (SSSR count). The molecule has 1 aromatic rings. The molecule has 1 amide bonds. The average Bonchev–Trinajstić information content (AvgIpc) is 2.98. The van der Waals surface area contributed by atoms with Gasteiger partial charge in [0, 0.05) is 20.0 Å². The number of amides is 1. The van der Waals surface area contributed by atoms with E-state index in [-0.39, 0.29) is 11.3 Å². The van der Waals surface area contributed by atoms with E-state index in [1.165, 1.54) is 18.1 Å². The Labute approximate surface area is 155 Å². The molecule has 1 atom stereocenters. The zero-order valence-corrected chi connectivity index (χ0v) is 15.6. The Hall–Kier alpha value is -2.14. The fraction of sp³-hybridized carbons (Fsp3) is 0.524. The van der Waals surface area contributed by atoms with E-state index in [4.69, 9.17) is 0 Å². The summed E-state index contributed by atoms with van der Waals surface area (Å²) in [4.78, 5) is 27.3. The van der Waals surface area contributed by atoms with Crippen LogP contribution in [-0.4, -0.2) is 59.0 Å². The number of hydrogen-bond donors (Lipinski definition) is 1. The summed E-state index contributed by atoms with van der Waals surface area (Å²) >= 11 is 0. The molecule has 0 aliphatic carbocycles. The lowest BCUT2D eigenvalue weighted by atomic mass is 9.76. The smallest absolute Gasteiger partial charge is 0.326 e. The van der Waals surface area contributed by atoms with Gasteiger partial charge in [0.1, 0.15) is 6.04 Å². The summed E-state index contributed by atoms with van der Waals surface area (Å²) in [5.41, 5.74) is 2.52. The number of piperidine rings is 1. The molecule has 1 N–H and O–H groups in total. The normalized spacial score (nSPS) is 23.4. The monoisotopic (exact) mass is 356 g/mol. The van der Waals surface area contributed by atoms with E-state index in [9.17, 15) is 14.7 Å². The molecule has 2 fully saturated rings. The first kappa shape index (κ1) is 18.6. The predicted molar refractivity (Wildman–Crippen MR) is 102 cm³/mol. The minimum Gasteiger partial charge on any atom is -0.480 e. The number of aliphatic carboxylic acids is 1. The van der Waals surface area contributed by atoms with Crippen LogP contribution in [0.1, 0.15) is 38.7 Å². The third-order valence-corrected chi connectivity index (χ3v) is 5.80. The molecule has 5 nitrogen and oxygen atoms in total. The van der Waals surface area contributed by atoms with Gasteiger partial charge in [0.2, 0.25) is 5.91 Å². The second kappa shape index (κ2) is 7.62. The van der Waals surface area contributed by atoms with Crippen LogP contribution in [0.15, 0.2) is 35.9 Å². The fourth-order valence-electron chi connectivity index (χ4n) is 4.39. The predicted octanol–water partition coefficient (Wildman–Crippen LogP) is 2.88. The van der Waals surface area contributed by atoms with E-state index in [1.807, 2.05) is 18.2 Å². The molecule has 0 aromatic heterocycles. The Morgan fingerprint density at radius 2 is 1.85 bits per heavy atom. The van der Waals surface area contributed by atoms with Gasteiger partial charge in [-0.25, -0.2) is 4.79 Å². The highest BCUT2D eigenvalue weighted by atomic mass is 16.4. The summed E-state index contributed by atoms with van der Waals surface area (Å²) in [6.07, 6.45) is 4.73. The summed E-state index contributed by atoms with van der Waals surface area (Å²) in [5.74, 6) is -1.00. The lowest BCUT2D eigenvalue weighted by Gasteiger charge is -2.39. The third-order valence-electron chi connectivity index (χ3n) is 5.80. The van der Waals surface area contributed by atoms with E-state index in [0.717, 1.165) is 32.5 Å². The first-order valence-corrected chi connectivity index (χ1v) is 9.33. The SMILES string of the molecule is CC(=O)N1CC2(CCN(CC(C)=Cc3ccccc3)CC2)CC1C(=O)O. The molecule has 2 aliphatic rings. The van der Waals surface area contributed by atoms with E-state index < -0.39 is 12.0 Å². The molecular formula is C21H28N2O3. The van der Waals surface area contributed by atoms with Gasteiger partial charge < -0.3 is 10.0 Å². The van der Waals surface area contributed by atoms with Crippen LogP contribution in [0, 0.1) is 5.41 Å². The summed E-state index contributed by atoms with van der Waals surface area (Å²) < 4.78 is 0. The van der Waals surface area contributed by atoms with Crippen molar-refractivity contribution < 1.29 is 14.7 Å². The Bertz CT molecular complexity index is 666. The average molecular weight is 356 g/mol. The number of hydrogen-bond acceptors (Lipinski definition) is 3.